The summed E-state index contributed by atoms with van der Waals surface area (Å²) in [4.78, 5) is 7.17. The number of aliphatic hydroxyl groups is 2. The van der Waals surface area contributed by atoms with Crippen LogP contribution in [0.4, 0.5) is 5.82 Å². The van der Waals surface area contributed by atoms with Gasteiger partial charge in [0.25, 0.3) is 0 Å². The lowest BCUT2D eigenvalue weighted by Crippen LogP contribution is -2.53. The molecule has 2 saturated heterocycles. The van der Waals surface area contributed by atoms with E-state index in [4.69, 9.17) is 9.72 Å². The predicted molar refractivity (Wildman–Crippen MR) is 102 cm³/mol. The zero-order valence-electron chi connectivity index (χ0n) is 15.7. The quantitative estimate of drug-likeness (QED) is 0.866. The highest BCUT2D eigenvalue weighted by Crippen LogP contribution is 2.40. The minimum absolute atomic E-state index is 0.0148. The SMILES string of the molecule is Cc1cccc2cc(CO)c(N3CCC4(CC3)CC(C)(O)CCO4)nc12. The van der Waals surface area contributed by atoms with Gasteiger partial charge in [0.1, 0.15) is 5.82 Å². The maximum atomic E-state index is 10.5. The molecule has 1 aromatic carbocycles. The number of pyridine rings is 1. The number of hydrogen-bond donors (Lipinski definition) is 2. The van der Waals surface area contributed by atoms with Gasteiger partial charge in [-0.3, -0.25) is 0 Å². The summed E-state index contributed by atoms with van der Waals surface area (Å²) >= 11 is 0. The summed E-state index contributed by atoms with van der Waals surface area (Å²) in [5.74, 6) is 0.881. The number of para-hydroxylation sites is 1. The molecule has 140 valence electrons. The third-order valence-electron chi connectivity index (χ3n) is 6.00. The van der Waals surface area contributed by atoms with Crippen molar-refractivity contribution in [2.45, 2.75) is 57.3 Å². The van der Waals surface area contributed by atoms with Crippen LogP contribution in [0.15, 0.2) is 24.3 Å². The number of nitrogens with zero attached hydrogens (tertiary/aromatic N) is 2. The summed E-state index contributed by atoms with van der Waals surface area (Å²) < 4.78 is 6.12. The second-order valence-corrected chi connectivity index (χ2v) is 8.22. The fourth-order valence-electron chi connectivity index (χ4n) is 4.54. The lowest BCUT2D eigenvalue weighted by Gasteiger charge is -2.48. The number of aryl methyl sites for hydroxylation is 1. The van der Waals surface area contributed by atoms with Crippen LogP contribution in [0.25, 0.3) is 10.9 Å². The second kappa shape index (κ2) is 6.48. The zero-order valence-corrected chi connectivity index (χ0v) is 15.7. The standard InChI is InChI=1S/C21H28N2O3/c1-15-4-3-5-16-12-17(13-24)19(22-18(15)16)23-9-6-21(7-10-23)14-20(2,25)8-11-26-21/h3-5,12,24-25H,6-11,13-14H2,1-2H3. The van der Waals surface area contributed by atoms with Crippen LogP contribution in [0.1, 0.15) is 43.7 Å². The van der Waals surface area contributed by atoms with Crippen molar-refractivity contribution in [2.24, 2.45) is 0 Å². The molecule has 26 heavy (non-hydrogen) atoms. The Morgan fingerprint density at radius 1 is 1.23 bits per heavy atom. The van der Waals surface area contributed by atoms with Crippen LogP contribution in [0.5, 0.6) is 0 Å². The molecule has 0 radical (unpaired) electrons. The Bertz CT molecular complexity index is 810. The van der Waals surface area contributed by atoms with E-state index in [1.165, 1.54) is 0 Å². The van der Waals surface area contributed by atoms with Gasteiger partial charge in [-0.1, -0.05) is 18.2 Å². The average molecular weight is 356 g/mol. The molecule has 1 atom stereocenters. The van der Waals surface area contributed by atoms with E-state index in [1.807, 2.05) is 19.1 Å². The summed E-state index contributed by atoms with van der Waals surface area (Å²) in [6, 6.07) is 8.19. The highest BCUT2D eigenvalue weighted by Gasteiger charge is 2.44. The summed E-state index contributed by atoms with van der Waals surface area (Å²) in [6.07, 6.45) is 3.16. The molecule has 0 amide bonds. The van der Waals surface area contributed by atoms with E-state index in [0.717, 1.165) is 53.8 Å². The largest absolute Gasteiger partial charge is 0.392 e. The summed E-state index contributed by atoms with van der Waals surface area (Å²) in [6.45, 7) is 6.25. The van der Waals surface area contributed by atoms with Crippen molar-refractivity contribution in [3.63, 3.8) is 0 Å². The van der Waals surface area contributed by atoms with Crippen LogP contribution in [0, 0.1) is 6.92 Å². The Labute approximate surface area is 154 Å². The van der Waals surface area contributed by atoms with Crippen LogP contribution in [0.3, 0.4) is 0 Å². The molecule has 0 bridgehead atoms. The molecular formula is C21H28N2O3. The molecule has 0 aliphatic carbocycles. The Morgan fingerprint density at radius 3 is 2.69 bits per heavy atom. The number of aliphatic hydroxyl groups excluding tert-OH is 1. The Morgan fingerprint density at radius 2 is 2.00 bits per heavy atom. The Hall–Kier alpha value is -1.69. The van der Waals surface area contributed by atoms with E-state index in [-0.39, 0.29) is 12.2 Å². The third kappa shape index (κ3) is 3.20. The molecular weight excluding hydrogens is 328 g/mol. The van der Waals surface area contributed by atoms with E-state index < -0.39 is 5.60 Å². The first-order valence-electron chi connectivity index (χ1n) is 9.53. The highest BCUT2D eigenvalue weighted by atomic mass is 16.5. The van der Waals surface area contributed by atoms with Crippen molar-refractivity contribution < 1.29 is 14.9 Å². The molecule has 0 saturated carbocycles. The molecule has 2 fully saturated rings. The number of hydrogen-bond acceptors (Lipinski definition) is 5. The normalized spacial score (nSPS) is 25.8. The van der Waals surface area contributed by atoms with E-state index in [0.29, 0.717) is 19.4 Å². The highest BCUT2D eigenvalue weighted by molar-refractivity contribution is 5.84. The molecule has 2 aliphatic rings. The predicted octanol–water partition coefficient (Wildman–Crippen LogP) is 2.94. The molecule has 2 N–H and O–H groups in total. The fourth-order valence-corrected chi connectivity index (χ4v) is 4.54. The van der Waals surface area contributed by atoms with E-state index in [1.54, 1.807) is 0 Å². The average Bonchev–Trinajstić information content (AvgIpc) is 2.61. The van der Waals surface area contributed by atoms with Crippen LogP contribution >= 0.6 is 0 Å². The van der Waals surface area contributed by atoms with Gasteiger partial charge in [-0.2, -0.15) is 0 Å². The van der Waals surface area contributed by atoms with E-state index >= 15 is 0 Å². The molecule has 3 heterocycles. The van der Waals surface area contributed by atoms with Gasteiger partial charge in [0.2, 0.25) is 0 Å². The Balaban J connectivity index is 1.60. The molecule has 5 nitrogen and oxygen atoms in total. The van der Waals surface area contributed by atoms with Crippen LogP contribution in [0.2, 0.25) is 0 Å². The molecule has 5 heteroatoms. The van der Waals surface area contributed by atoms with Crippen molar-refractivity contribution in [1.82, 2.24) is 4.98 Å². The number of aromatic nitrogens is 1. The first kappa shape index (κ1) is 17.7. The zero-order chi connectivity index (χ0) is 18.4. The summed E-state index contributed by atoms with van der Waals surface area (Å²) in [7, 11) is 0. The molecule has 4 rings (SSSR count). The van der Waals surface area contributed by atoms with Crippen LogP contribution in [-0.2, 0) is 11.3 Å². The van der Waals surface area contributed by atoms with Gasteiger partial charge in [0.15, 0.2) is 0 Å². The van der Waals surface area contributed by atoms with Crippen LogP contribution in [-0.4, -0.2) is 46.1 Å². The summed E-state index contributed by atoms with van der Waals surface area (Å²) in [5.41, 5.74) is 2.17. The third-order valence-corrected chi connectivity index (χ3v) is 6.00. The van der Waals surface area contributed by atoms with Gasteiger partial charge >= 0.3 is 0 Å². The second-order valence-electron chi connectivity index (χ2n) is 8.22. The first-order valence-corrected chi connectivity index (χ1v) is 9.53. The smallest absolute Gasteiger partial charge is 0.134 e. The minimum Gasteiger partial charge on any atom is -0.392 e. The van der Waals surface area contributed by atoms with Crippen molar-refractivity contribution in [2.75, 3.05) is 24.6 Å². The van der Waals surface area contributed by atoms with Gasteiger partial charge in [0, 0.05) is 30.5 Å². The maximum absolute atomic E-state index is 10.5. The van der Waals surface area contributed by atoms with Gasteiger partial charge in [-0.05, 0) is 44.7 Å². The monoisotopic (exact) mass is 356 g/mol. The lowest BCUT2D eigenvalue weighted by atomic mass is 9.78. The molecule has 1 spiro atoms. The summed E-state index contributed by atoms with van der Waals surface area (Å²) in [5, 5.41) is 21.4. The molecule has 2 aromatic rings. The van der Waals surface area contributed by atoms with Gasteiger partial charge in [-0.25, -0.2) is 4.98 Å². The Kier molecular flexibility index (Phi) is 4.41. The van der Waals surface area contributed by atoms with Gasteiger partial charge in [0.05, 0.1) is 29.9 Å². The number of piperidine rings is 1. The van der Waals surface area contributed by atoms with Gasteiger partial charge in [-0.15, -0.1) is 0 Å². The number of rotatable bonds is 2. The van der Waals surface area contributed by atoms with Crippen LogP contribution < -0.4 is 4.90 Å². The minimum atomic E-state index is -0.630. The van der Waals surface area contributed by atoms with Crippen molar-refractivity contribution in [1.29, 1.82) is 0 Å². The van der Waals surface area contributed by atoms with Crippen molar-refractivity contribution in [3.05, 3.63) is 35.4 Å². The molecule has 2 aliphatic heterocycles. The van der Waals surface area contributed by atoms with Crippen molar-refractivity contribution >= 4 is 16.7 Å². The molecule has 1 unspecified atom stereocenters. The number of fused-ring (bicyclic) bond motifs is 1. The number of benzene rings is 1. The molecule has 1 aromatic heterocycles. The van der Waals surface area contributed by atoms with E-state index in [9.17, 15) is 10.2 Å². The topological polar surface area (TPSA) is 65.8 Å². The number of anilines is 1. The lowest BCUT2D eigenvalue weighted by molar-refractivity contribution is -0.162. The number of ether oxygens (including phenoxy) is 1. The van der Waals surface area contributed by atoms with E-state index in [2.05, 4.69) is 24.0 Å². The maximum Gasteiger partial charge on any atom is 0.134 e. The van der Waals surface area contributed by atoms with Crippen molar-refractivity contribution in [3.8, 4) is 0 Å². The first-order chi connectivity index (χ1) is 12.4. The van der Waals surface area contributed by atoms with Gasteiger partial charge < -0.3 is 19.8 Å². The fraction of sp³-hybridized carbons (Fsp3) is 0.571.